The Bertz CT molecular complexity index is 954. The summed E-state index contributed by atoms with van der Waals surface area (Å²) in [7, 11) is 0. The molecule has 0 radical (unpaired) electrons. The Hall–Kier alpha value is -2.65. The van der Waals surface area contributed by atoms with E-state index in [0.717, 1.165) is 16.3 Å². The largest absolute Gasteiger partial charge is 0.417 e. The van der Waals surface area contributed by atoms with Crippen molar-refractivity contribution >= 4 is 28.5 Å². The third-order valence-electron chi connectivity index (χ3n) is 3.96. The molecule has 130 valence electrons. The van der Waals surface area contributed by atoms with Crippen molar-refractivity contribution in [3.63, 3.8) is 0 Å². The molecule has 1 aliphatic rings. The number of oxazole rings is 1. The van der Waals surface area contributed by atoms with Gasteiger partial charge in [-0.1, -0.05) is 6.07 Å². The molecule has 0 bridgehead atoms. The molecule has 1 aliphatic heterocycles. The highest BCUT2D eigenvalue weighted by molar-refractivity contribution is 7.09. The van der Waals surface area contributed by atoms with Crippen LogP contribution in [0.2, 0.25) is 0 Å². The first kappa shape index (κ1) is 15.9. The minimum Gasteiger partial charge on any atom is -0.408 e. The Morgan fingerprint density at radius 2 is 2.20 bits per heavy atom. The highest BCUT2D eigenvalue weighted by Gasteiger charge is 2.16. The molecule has 1 aromatic carbocycles. The number of aromatic nitrogens is 2. The number of aromatic amines is 1. The second-order valence-corrected chi connectivity index (χ2v) is 6.55. The minimum atomic E-state index is -0.475. The molecule has 3 heterocycles. The van der Waals surface area contributed by atoms with E-state index in [0.29, 0.717) is 43.9 Å². The molecule has 1 fully saturated rings. The molecule has 0 unspecified atom stereocenters. The summed E-state index contributed by atoms with van der Waals surface area (Å²) in [6.07, 6.45) is 0. The average molecular weight is 360 g/mol. The van der Waals surface area contributed by atoms with E-state index >= 15 is 0 Å². The van der Waals surface area contributed by atoms with Gasteiger partial charge in [0.15, 0.2) is 5.58 Å². The standard InChI is InChI=1S/C16H16N4O4S/c21-15(20-3-5-23-6-4-20)17-8-14-18-12(9-25-14)10-1-2-11-13(7-10)24-16(22)19-11/h1-2,7,9H,3-6,8H2,(H,17,21)(H,19,22). The number of carbonyl (C=O) groups is 1. The van der Waals surface area contributed by atoms with Gasteiger partial charge in [0.05, 0.1) is 31.0 Å². The number of fused-ring (bicyclic) bond motifs is 1. The molecule has 3 aromatic rings. The second-order valence-electron chi connectivity index (χ2n) is 5.61. The van der Waals surface area contributed by atoms with Crippen LogP contribution in [0.1, 0.15) is 5.01 Å². The van der Waals surface area contributed by atoms with Gasteiger partial charge in [0, 0.05) is 24.0 Å². The summed E-state index contributed by atoms with van der Waals surface area (Å²) in [5, 5.41) is 5.61. The van der Waals surface area contributed by atoms with Gasteiger partial charge in [-0.2, -0.15) is 0 Å². The van der Waals surface area contributed by atoms with Crippen LogP contribution in [0.25, 0.3) is 22.4 Å². The molecule has 2 amide bonds. The number of carbonyl (C=O) groups excluding carboxylic acids is 1. The zero-order valence-electron chi connectivity index (χ0n) is 13.3. The normalized spacial score (nSPS) is 14.8. The Balaban J connectivity index is 1.43. The van der Waals surface area contributed by atoms with Gasteiger partial charge in [-0.3, -0.25) is 4.98 Å². The summed E-state index contributed by atoms with van der Waals surface area (Å²) < 4.78 is 10.3. The number of morpholine rings is 1. The van der Waals surface area contributed by atoms with Crippen LogP contribution < -0.4 is 11.1 Å². The Labute approximate surface area is 146 Å². The lowest BCUT2D eigenvalue weighted by atomic mass is 10.1. The summed E-state index contributed by atoms with van der Waals surface area (Å²) in [5.41, 5.74) is 2.79. The van der Waals surface area contributed by atoms with Gasteiger partial charge < -0.3 is 19.4 Å². The number of urea groups is 1. The van der Waals surface area contributed by atoms with E-state index in [1.807, 2.05) is 11.4 Å². The number of amides is 2. The maximum absolute atomic E-state index is 12.1. The van der Waals surface area contributed by atoms with Gasteiger partial charge in [0.2, 0.25) is 0 Å². The molecular formula is C16H16N4O4S. The predicted molar refractivity (Wildman–Crippen MR) is 92.6 cm³/mol. The van der Waals surface area contributed by atoms with Gasteiger partial charge in [-0.25, -0.2) is 14.6 Å². The molecule has 25 heavy (non-hydrogen) atoms. The fourth-order valence-electron chi connectivity index (χ4n) is 2.66. The van der Waals surface area contributed by atoms with Crippen LogP contribution in [0.5, 0.6) is 0 Å². The number of hydrogen-bond donors (Lipinski definition) is 2. The summed E-state index contributed by atoms with van der Waals surface area (Å²) >= 11 is 1.47. The zero-order chi connectivity index (χ0) is 17.2. The van der Waals surface area contributed by atoms with Crippen molar-refractivity contribution in [1.29, 1.82) is 0 Å². The highest BCUT2D eigenvalue weighted by Crippen LogP contribution is 2.24. The molecule has 0 saturated carbocycles. The topological polar surface area (TPSA) is 100 Å². The molecule has 8 nitrogen and oxygen atoms in total. The van der Waals surface area contributed by atoms with E-state index in [1.54, 1.807) is 17.0 Å². The summed E-state index contributed by atoms with van der Waals surface area (Å²) in [6, 6.07) is 5.34. The molecule has 2 aromatic heterocycles. The van der Waals surface area contributed by atoms with E-state index in [2.05, 4.69) is 15.3 Å². The van der Waals surface area contributed by atoms with Crippen LogP contribution in [0.3, 0.4) is 0 Å². The van der Waals surface area contributed by atoms with Crippen molar-refractivity contribution in [2.45, 2.75) is 6.54 Å². The van der Waals surface area contributed by atoms with E-state index in [9.17, 15) is 9.59 Å². The van der Waals surface area contributed by atoms with Crippen molar-refractivity contribution in [2.24, 2.45) is 0 Å². The number of ether oxygens (including phenoxy) is 1. The van der Waals surface area contributed by atoms with Crippen LogP contribution in [0.4, 0.5) is 4.79 Å². The minimum absolute atomic E-state index is 0.101. The highest BCUT2D eigenvalue weighted by atomic mass is 32.1. The van der Waals surface area contributed by atoms with Gasteiger partial charge in [-0.05, 0) is 12.1 Å². The lowest BCUT2D eigenvalue weighted by Gasteiger charge is -2.26. The van der Waals surface area contributed by atoms with Crippen LogP contribution in [0.15, 0.2) is 32.8 Å². The van der Waals surface area contributed by atoms with Gasteiger partial charge in [0.1, 0.15) is 5.01 Å². The molecule has 4 rings (SSSR count). The quantitative estimate of drug-likeness (QED) is 0.742. The first-order valence-electron chi connectivity index (χ1n) is 7.87. The smallest absolute Gasteiger partial charge is 0.408 e. The third kappa shape index (κ3) is 3.42. The molecule has 0 atom stereocenters. The lowest BCUT2D eigenvalue weighted by molar-refractivity contribution is 0.0531. The first-order chi connectivity index (χ1) is 12.2. The molecular weight excluding hydrogens is 344 g/mol. The van der Waals surface area contributed by atoms with Crippen LogP contribution in [-0.2, 0) is 11.3 Å². The number of rotatable bonds is 3. The summed E-state index contributed by atoms with van der Waals surface area (Å²) in [5.74, 6) is -0.475. The van der Waals surface area contributed by atoms with Crippen molar-refractivity contribution in [2.75, 3.05) is 26.3 Å². The Kier molecular flexibility index (Phi) is 4.24. The van der Waals surface area contributed by atoms with Crippen molar-refractivity contribution in [3.05, 3.63) is 39.1 Å². The first-order valence-corrected chi connectivity index (χ1v) is 8.75. The van der Waals surface area contributed by atoms with Gasteiger partial charge in [-0.15, -0.1) is 11.3 Å². The Morgan fingerprint density at radius 3 is 3.04 bits per heavy atom. The number of nitrogens with zero attached hydrogens (tertiary/aromatic N) is 2. The fraction of sp³-hybridized carbons (Fsp3) is 0.312. The summed E-state index contributed by atoms with van der Waals surface area (Å²) in [4.78, 5) is 32.2. The van der Waals surface area contributed by atoms with Crippen molar-refractivity contribution in [1.82, 2.24) is 20.2 Å². The average Bonchev–Trinajstić information content (AvgIpc) is 3.25. The third-order valence-corrected chi connectivity index (χ3v) is 4.81. The fourth-order valence-corrected chi connectivity index (χ4v) is 3.40. The molecule has 0 spiro atoms. The number of H-pyrrole nitrogens is 1. The summed E-state index contributed by atoms with van der Waals surface area (Å²) in [6.45, 7) is 2.75. The maximum atomic E-state index is 12.1. The molecule has 0 aliphatic carbocycles. The maximum Gasteiger partial charge on any atom is 0.417 e. The van der Waals surface area contributed by atoms with E-state index in [4.69, 9.17) is 9.15 Å². The van der Waals surface area contributed by atoms with Crippen LogP contribution in [0, 0.1) is 0 Å². The van der Waals surface area contributed by atoms with Crippen LogP contribution >= 0.6 is 11.3 Å². The van der Waals surface area contributed by atoms with Crippen molar-refractivity contribution < 1.29 is 13.9 Å². The lowest BCUT2D eigenvalue weighted by Crippen LogP contribution is -2.45. The van der Waals surface area contributed by atoms with Gasteiger partial charge in [0.25, 0.3) is 0 Å². The number of nitrogens with one attached hydrogen (secondary N) is 2. The zero-order valence-corrected chi connectivity index (χ0v) is 14.1. The Morgan fingerprint density at radius 1 is 1.36 bits per heavy atom. The monoisotopic (exact) mass is 360 g/mol. The number of thiazole rings is 1. The second kappa shape index (κ2) is 6.69. The van der Waals surface area contributed by atoms with E-state index in [1.165, 1.54) is 11.3 Å². The van der Waals surface area contributed by atoms with Crippen LogP contribution in [-0.4, -0.2) is 47.2 Å². The van der Waals surface area contributed by atoms with Crippen molar-refractivity contribution in [3.8, 4) is 11.3 Å². The SMILES string of the molecule is O=C(NCc1nc(-c2ccc3[nH]c(=O)oc3c2)cs1)N1CCOCC1. The molecule has 9 heteroatoms. The number of benzene rings is 1. The van der Waals surface area contributed by atoms with E-state index < -0.39 is 5.76 Å². The predicted octanol–water partition coefficient (Wildman–Crippen LogP) is 1.79. The van der Waals surface area contributed by atoms with Gasteiger partial charge >= 0.3 is 11.8 Å². The molecule has 1 saturated heterocycles. The van der Waals surface area contributed by atoms with E-state index in [-0.39, 0.29) is 6.03 Å². The molecule has 2 N–H and O–H groups in total. The number of hydrogen-bond acceptors (Lipinski definition) is 6.